The Hall–Kier alpha value is -2.08. The molecule has 1 saturated heterocycles. The molecule has 4 atom stereocenters. The Bertz CT molecular complexity index is 739. The second-order valence-electron chi connectivity index (χ2n) is 6.50. The summed E-state index contributed by atoms with van der Waals surface area (Å²) < 4.78 is 22.6. The van der Waals surface area contributed by atoms with E-state index in [0.29, 0.717) is 36.7 Å². The Kier molecular flexibility index (Phi) is 2.60. The van der Waals surface area contributed by atoms with Crippen molar-refractivity contribution in [2.24, 2.45) is 5.92 Å². The Morgan fingerprint density at radius 3 is 2.87 bits per heavy atom. The third kappa shape index (κ3) is 1.62. The monoisotopic (exact) mass is 316 g/mol. The molecule has 0 bridgehead atoms. The van der Waals surface area contributed by atoms with Crippen LogP contribution in [0.3, 0.4) is 0 Å². The van der Waals surface area contributed by atoms with Crippen LogP contribution < -0.4 is 14.2 Å². The van der Waals surface area contributed by atoms with E-state index in [4.69, 9.17) is 18.9 Å². The number of methoxy groups -OCH3 is 1. The van der Waals surface area contributed by atoms with Crippen molar-refractivity contribution >= 4 is 11.8 Å². The number of carbonyl (C=O) groups excluding carboxylic acids is 2. The first-order valence-corrected chi connectivity index (χ1v) is 7.96. The summed E-state index contributed by atoms with van der Waals surface area (Å²) in [5, 5.41) is 0. The number of ketones is 1. The van der Waals surface area contributed by atoms with Gasteiger partial charge >= 0.3 is 5.97 Å². The van der Waals surface area contributed by atoms with Crippen molar-refractivity contribution in [2.45, 2.75) is 37.4 Å². The van der Waals surface area contributed by atoms with Crippen LogP contribution in [0.5, 0.6) is 17.2 Å². The number of rotatable bonds is 1. The molecule has 0 spiro atoms. The van der Waals surface area contributed by atoms with Gasteiger partial charge < -0.3 is 18.9 Å². The SMILES string of the molecule is COc1cc2c(c3c1C1CCC(=O)C1C(=O)O3)[C@@H]1CCO[C@@H]1O2. The molecule has 0 aromatic heterocycles. The molecule has 120 valence electrons. The number of benzene rings is 1. The van der Waals surface area contributed by atoms with Crippen LogP contribution in [0.4, 0.5) is 0 Å². The van der Waals surface area contributed by atoms with Crippen molar-refractivity contribution in [1.82, 2.24) is 0 Å². The van der Waals surface area contributed by atoms with E-state index in [-0.39, 0.29) is 23.9 Å². The van der Waals surface area contributed by atoms with Gasteiger partial charge in [-0.1, -0.05) is 0 Å². The molecule has 2 fully saturated rings. The Labute approximate surface area is 132 Å². The molecule has 3 aliphatic heterocycles. The number of Topliss-reactive ketones (excluding diaryl/α,β-unsaturated/α-hetero) is 1. The first-order chi connectivity index (χ1) is 11.2. The van der Waals surface area contributed by atoms with E-state index in [1.807, 2.05) is 6.07 Å². The summed E-state index contributed by atoms with van der Waals surface area (Å²) in [6, 6.07) is 1.84. The normalized spacial score (nSPS) is 33.4. The Balaban J connectivity index is 1.74. The summed E-state index contributed by atoms with van der Waals surface area (Å²) in [6.07, 6.45) is 1.59. The van der Waals surface area contributed by atoms with Gasteiger partial charge in [-0.25, -0.2) is 0 Å². The van der Waals surface area contributed by atoms with Crippen LogP contribution in [-0.2, 0) is 14.3 Å². The summed E-state index contributed by atoms with van der Waals surface area (Å²) in [6.45, 7) is 0.633. The summed E-state index contributed by atoms with van der Waals surface area (Å²) in [5.74, 6) is 0.577. The lowest BCUT2D eigenvalue weighted by Crippen LogP contribution is -2.33. The van der Waals surface area contributed by atoms with Crippen molar-refractivity contribution in [3.63, 3.8) is 0 Å². The largest absolute Gasteiger partial charge is 0.496 e. The lowest BCUT2D eigenvalue weighted by atomic mass is 9.82. The third-order valence-electron chi connectivity index (χ3n) is 5.43. The Morgan fingerprint density at radius 1 is 1.17 bits per heavy atom. The van der Waals surface area contributed by atoms with Crippen molar-refractivity contribution in [1.29, 1.82) is 0 Å². The van der Waals surface area contributed by atoms with Gasteiger partial charge in [0, 0.05) is 29.5 Å². The lowest BCUT2D eigenvalue weighted by molar-refractivity contribution is -0.144. The van der Waals surface area contributed by atoms with Gasteiger partial charge in [-0.3, -0.25) is 9.59 Å². The summed E-state index contributed by atoms with van der Waals surface area (Å²) in [4.78, 5) is 24.4. The van der Waals surface area contributed by atoms with Gasteiger partial charge in [-0.05, 0) is 12.8 Å². The number of carbonyl (C=O) groups is 2. The molecule has 1 aromatic rings. The van der Waals surface area contributed by atoms with E-state index in [9.17, 15) is 9.59 Å². The molecule has 4 aliphatic rings. The van der Waals surface area contributed by atoms with Crippen molar-refractivity contribution in [3.05, 3.63) is 17.2 Å². The van der Waals surface area contributed by atoms with Gasteiger partial charge in [0.25, 0.3) is 0 Å². The van der Waals surface area contributed by atoms with Crippen LogP contribution in [-0.4, -0.2) is 31.8 Å². The minimum atomic E-state index is -0.688. The molecule has 1 saturated carbocycles. The van der Waals surface area contributed by atoms with E-state index in [1.165, 1.54) is 0 Å². The highest BCUT2D eigenvalue weighted by Gasteiger charge is 2.52. The fourth-order valence-electron chi connectivity index (χ4n) is 4.42. The molecule has 0 radical (unpaired) electrons. The van der Waals surface area contributed by atoms with Gasteiger partial charge in [-0.15, -0.1) is 0 Å². The van der Waals surface area contributed by atoms with Crippen molar-refractivity contribution < 1.29 is 28.5 Å². The predicted molar refractivity (Wildman–Crippen MR) is 76.8 cm³/mol. The maximum absolute atomic E-state index is 12.4. The summed E-state index contributed by atoms with van der Waals surface area (Å²) >= 11 is 0. The highest BCUT2D eigenvalue weighted by atomic mass is 16.7. The summed E-state index contributed by atoms with van der Waals surface area (Å²) in [5.41, 5.74) is 1.74. The highest BCUT2D eigenvalue weighted by molar-refractivity contribution is 6.04. The Morgan fingerprint density at radius 2 is 2.04 bits per heavy atom. The van der Waals surface area contributed by atoms with E-state index >= 15 is 0 Å². The van der Waals surface area contributed by atoms with Crippen LogP contribution in [0.1, 0.15) is 42.2 Å². The lowest BCUT2D eigenvalue weighted by Gasteiger charge is -2.29. The molecule has 2 unspecified atom stereocenters. The molecule has 5 rings (SSSR count). The molecule has 3 heterocycles. The fourth-order valence-corrected chi connectivity index (χ4v) is 4.42. The molecule has 1 aliphatic carbocycles. The first kappa shape index (κ1) is 13.4. The summed E-state index contributed by atoms with van der Waals surface area (Å²) in [7, 11) is 1.58. The van der Waals surface area contributed by atoms with Crippen LogP contribution in [0.2, 0.25) is 0 Å². The minimum absolute atomic E-state index is 0.0356. The van der Waals surface area contributed by atoms with Crippen LogP contribution >= 0.6 is 0 Å². The maximum Gasteiger partial charge on any atom is 0.322 e. The van der Waals surface area contributed by atoms with Crippen LogP contribution in [0, 0.1) is 5.92 Å². The highest BCUT2D eigenvalue weighted by Crippen LogP contribution is 2.58. The molecule has 0 N–H and O–H groups in total. The second kappa shape index (κ2) is 4.47. The van der Waals surface area contributed by atoms with Gasteiger partial charge in [0.15, 0.2) is 0 Å². The van der Waals surface area contributed by atoms with Gasteiger partial charge in [-0.2, -0.15) is 0 Å². The molecule has 23 heavy (non-hydrogen) atoms. The number of ether oxygens (including phenoxy) is 4. The molecule has 1 aromatic carbocycles. The molecule has 6 heteroatoms. The van der Waals surface area contributed by atoms with Gasteiger partial charge in [0.2, 0.25) is 6.29 Å². The molecular weight excluding hydrogens is 300 g/mol. The van der Waals surface area contributed by atoms with Gasteiger partial charge in [0.1, 0.15) is 28.9 Å². The predicted octanol–water partition coefficient (Wildman–Crippen LogP) is 1.90. The topological polar surface area (TPSA) is 71.1 Å². The van der Waals surface area contributed by atoms with E-state index in [0.717, 1.165) is 17.5 Å². The van der Waals surface area contributed by atoms with E-state index < -0.39 is 11.9 Å². The number of hydrogen-bond acceptors (Lipinski definition) is 6. The third-order valence-corrected chi connectivity index (χ3v) is 5.43. The minimum Gasteiger partial charge on any atom is -0.496 e. The average molecular weight is 316 g/mol. The number of hydrogen-bond donors (Lipinski definition) is 0. The number of fused-ring (bicyclic) bond motifs is 7. The molecular formula is C17H16O6. The van der Waals surface area contributed by atoms with Crippen molar-refractivity contribution in [3.8, 4) is 17.2 Å². The second-order valence-corrected chi connectivity index (χ2v) is 6.50. The molecule has 6 nitrogen and oxygen atoms in total. The molecule has 0 amide bonds. The van der Waals surface area contributed by atoms with Crippen LogP contribution in [0.15, 0.2) is 6.07 Å². The maximum atomic E-state index is 12.4. The zero-order valence-corrected chi connectivity index (χ0v) is 12.7. The zero-order chi connectivity index (χ0) is 15.7. The van der Waals surface area contributed by atoms with E-state index in [2.05, 4.69) is 0 Å². The van der Waals surface area contributed by atoms with Crippen molar-refractivity contribution in [2.75, 3.05) is 13.7 Å². The first-order valence-electron chi connectivity index (χ1n) is 7.96. The average Bonchev–Trinajstić information content (AvgIpc) is 3.20. The smallest absolute Gasteiger partial charge is 0.322 e. The number of esters is 1. The standard InChI is InChI=1S/C17H16O6/c1-20-10-6-11-14(8-4-5-21-17(8)22-11)15-13(10)7-2-3-9(18)12(7)16(19)23-15/h6-8,12,17H,2-5H2,1H3/t7?,8-,12?,17+/m0/s1. The van der Waals surface area contributed by atoms with Gasteiger partial charge in [0.05, 0.1) is 19.6 Å². The zero-order valence-electron chi connectivity index (χ0n) is 12.7. The van der Waals surface area contributed by atoms with E-state index in [1.54, 1.807) is 7.11 Å². The quantitative estimate of drug-likeness (QED) is 0.448. The fraction of sp³-hybridized carbons (Fsp3) is 0.529. The van der Waals surface area contributed by atoms with Crippen LogP contribution in [0.25, 0.3) is 0 Å².